The van der Waals surface area contributed by atoms with Crippen molar-refractivity contribution in [1.82, 2.24) is 0 Å². The molecule has 0 radical (unpaired) electrons. The number of fused-ring (bicyclic) bond motifs is 1. The molecule has 1 N–H and O–H groups in total. The molecule has 0 saturated heterocycles. The van der Waals surface area contributed by atoms with Gasteiger partial charge in [0.25, 0.3) is 0 Å². The Labute approximate surface area is 162 Å². The summed E-state index contributed by atoms with van der Waals surface area (Å²) in [5.41, 5.74) is -0.646. The van der Waals surface area contributed by atoms with Crippen molar-refractivity contribution in [2.24, 2.45) is 5.92 Å². The Bertz CT molecular complexity index is 895. The van der Waals surface area contributed by atoms with Gasteiger partial charge in [-0.1, -0.05) is 24.3 Å². The second kappa shape index (κ2) is 7.76. The Morgan fingerprint density at radius 2 is 1.66 bits per heavy atom. The van der Waals surface area contributed by atoms with Crippen LogP contribution in [0.5, 0.6) is 5.75 Å². The van der Waals surface area contributed by atoms with E-state index < -0.39 is 41.7 Å². The highest BCUT2D eigenvalue weighted by molar-refractivity contribution is 5.89. The summed E-state index contributed by atoms with van der Waals surface area (Å²) < 4.78 is 85.0. The standard InChI is InChI=1S/C20H18F6O3/c21-19(22,23)13-3-5-14(6-4-13)29-16-8-2-12-9-11(10-17(27)28)1-7-15(12)18(16)20(24,25)26/h1-2,7-9,13-14H,3-6,10H2,(H,27,28)/t13-,14+. The molecule has 29 heavy (non-hydrogen) atoms. The molecule has 1 fully saturated rings. The van der Waals surface area contributed by atoms with Crippen LogP contribution in [0.1, 0.15) is 36.8 Å². The first kappa shape index (κ1) is 21.3. The van der Waals surface area contributed by atoms with Crippen LogP contribution in [-0.2, 0) is 17.4 Å². The molecule has 0 heterocycles. The number of benzene rings is 2. The lowest BCUT2D eigenvalue weighted by atomic mass is 9.87. The summed E-state index contributed by atoms with van der Waals surface area (Å²) in [7, 11) is 0. The minimum atomic E-state index is -4.74. The fraction of sp³-hybridized carbons (Fsp3) is 0.450. The number of carbonyl (C=O) groups is 1. The van der Waals surface area contributed by atoms with Crippen LogP contribution in [0.15, 0.2) is 30.3 Å². The molecule has 9 heteroatoms. The minimum Gasteiger partial charge on any atom is -0.490 e. The van der Waals surface area contributed by atoms with E-state index in [2.05, 4.69) is 0 Å². The lowest BCUT2D eigenvalue weighted by Gasteiger charge is -2.31. The lowest BCUT2D eigenvalue weighted by Crippen LogP contribution is -2.32. The van der Waals surface area contributed by atoms with Crippen LogP contribution in [0, 0.1) is 5.92 Å². The van der Waals surface area contributed by atoms with Gasteiger partial charge in [0, 0.05) is 0 Å². The van der Waals surface area contributed by atoms with Gasteiger partial charge in [0.15, 0.2) is 0 Å². The predicted molar refractivity (Wildman–Crippen MR) is 92.7 cm³/mol. The Morgan fingerprint density at radius 3 is 2.21 bits per heavy atom. The third-order valence-corrected chi connectivity index (χ3v) is 5.12. The average Bonchev–Trinajstić information content (AvgIpc) is 2.59. The highest BCUT2D eigenvalue weighted by atomic mass is 19.4. The molecule has 3 nitrogen and oxygen atoms in total. The molecular formula is C20H18F6O3. The molecule has 158 valence electrons. The Morgan fingerprint density at radius 1 is 1.00 bits per heavy atom. The third-order valence-electron chi connectivity index (χ3n) is 5.12. The predicted octanol–water partition coefficient (Wildman–Crippen LogP) is 5.99. The molecule has 2 aromatic carbocycles. The third kappa shape index (κ3) is 4.94. The Kier molecular flexibility index (Phi) is 5.69. The van der Waals surface area contributed by atoms with Crippen LogP contribution in [0.2, 0.25) is 0 Å². The number of rotatable bonds is 4. The molecule has 0 aliphatic heterocycles. The van der Waals surface area contributed by atoms with E-state index in [0.29, 0.717) is 5.56 Å². The quantitative estimate of drug-likeness (QED) is 0.619. The molecule has 1 saturated carbocycles. The first-order valence-corrected chi connectivity index (χ1v) is 9.03. The van der Waals surface area contributed by atoms with E-state index in [9.17, 15) is 31.1 Å². The van der Waals surface area contributed by atoms with Gasteiger partial charge in [-0.2, -0.15) is 26.3 Å². The maximum Gasteiger partial charge on any atom is 0.420 e. The number of halogens is 6. The zero-order chi connectivity index (χ0) is 21.4. The zero-order valence-corrected chi connectivity index (χ0v) is 15.1. The zero-order valence-electron chi connectivity index (χ0n) is 15.1. The fourth-order valence-corrected chi connectivity index (χ4v) is 3.72. The van der Waals surface area contributed by atoms with E-state index >= 15 is 0 Å². The van der Waals surface area contributed by atoms with Crippen LogP contribution in [-0.4, -0.2) is 23.4 Å². The molecule has 0 unspecified atom stereocenters. The smallest absolute Gasteiger partial charge is 0.420 e. The largest absolute Gasteiger partial charge is 0.490 e. The first-order chi connectivity index (χ1) is 13.4. The molecule has 0 spiro atoms. The molecule has 1 aliphatic rings. The van der Waals surface area contributed by atoms with Gasteiger partial charge in [-0.25, -0.2) is 0 Å². The van der Waals surface area contributed by atoms with Crippen LogP contribution in [0.25, 0.3) is 10.8 Å². The highest BCUT2D eigenvalue weighted by Gasteiger charge is 2.42. The molecule has 0 amide bonds. The van der Waals surface area contributed by atoms with Gasteiger partial charge in [-0.05, 0) is 48.1 Å². The van der Waals surface area contributed by atoms with Crippen molar-refractivity contribution in [3.8, 4) is 5.75 Å². The monoisotopic (exact) mass is 420 g/mol. The van der Waals surface area contributed by atoms with Gasteiger partial charge in [0.1, 0.15) is 11.3 Å². The summed E-state index contributed by atoms with van der Waals surface area (Å²) in [4.78, 5) is 10.8. The van der Waals surface area contributed by atoms with Crippen LogP contribution >= 0.6 is 0 Å². The van der Waals surface area contributed by atoms with E-state index in [1.54, 1.807) is 0 Å². The number of hydrogen-bond acceptors (Lipinski definition) is 2. The summed E-state index contributed by atoms with van der Waals surface area (Å²) >= 11 is 0. The maximum atomic E-state index is 13.7. The second-order valence-corrected chi connectivity index (χ2v) is 7.20. The second-order valence-electron chi connectivity index (χ2n) is 7.20. The van der Waals surface area contributed by atoms with Crippen LogP contribution in [0.3, 0.4) is 0 Å². The van der Waals surface area contributed by atoms with E-state index in [4.69, 9.17) is 9.84 Å². The molecular weight excluding hydrogens is 402 g/mol. The normalized spacial score (nSPS) is 20.6. The van der Waals surface area contributed by atoms with Crippen molar-refractivity contribution in [2.75, 3.05) is 0 Å². The van der Waals surface area contributed by atoms with E-state index in [-0.39, 0.29) is 42.9 Å². The Hall–Kier alpha value is -2.45. The number of ether oxygens (including phenoxy) is 1. The summed E-state index contributed by atoms with van der Waals surface area (Å²) in [6.45, 7) is 0. The van der Waals surface area contributed by atoms with Crippen molar-refractivity contribution < 1.29 is 41.0 Å². The van der Waals surface area contributed by atoms with Crippen molar-refractivity contribution in [3.63, 3.8) is 0 Å². The van der Waals surface area contributed by atoms with Crippen LogP contribution < -0.4 is 4.74 Å². The van der Waals surface area contributed by atoms with Gasteiger partial charge in [0.2, 0.25) is 0 Å². The Balaban J connectivity index is 1.89. The van der Waals surface area contributed by atoms with Gasteiger partial charge in [-0.3, -0.25) is 4.79 Å². The summed E-state index contributed by atoms with van der Waals surface area (Å²) in [5, 5.41) is 8.91. The van der Waals surface area contributed by atoms with E-state index in [1.807, 2.05) is 0 Å². The number of hydrogen-bond donors (Lipinski definition) is 1. The van der Waals surface area contributed by atoms with Gasteiger partial charge in [-0.15, -0.1) is 0 Å². The number of alkyl halides is 6. The summed E-state index contributed by atoms with van der Waals surface area (Å²) in [6, 6.07) is 6.42. The molecule has 3 rings (SSSR count). The molecule has 0 atom stereocenters. The van der Waals surface area contributed by atoms with Crippen molar-refractivity contribution in [3.05, 3.63) is 41.5 Å². The minimum absolute atomic E-state index is 0.0249. The number of carboxylic acids is 1. The first-order valence-electron chi connectivity index (χ1n) is 9.03. The fourth-order valence-electron chi connectivity index (χ4n) is 3.72. The van der Waals surface area contributed by atoms with E-state index in [0.717, 1.165) is 6.07 Å². The summed E-state index contributed by atoms with van der Waals surface area (Å²) in [5.74, 6) is -2.98. The topological polar surface area (TPSA) is 46.5 Å². The van der Waals surface area contributed by atoms with Gasteiger partial charge in [0.05, 0.1) is 18.4 Å². The number of carboxylic acid groups (broad SMARTS) is 1. The SMILES string of the molecule is O=C(O)Cc1ccc2c(C(F)(F)F)c(O[C@H]3CC[C@@H](C(F)(F)F)CC3)ccc2c1. The van der Waals surface area contributed by atoms with Crippen molar-refractivity contribution >= 4 is 16.7 Å². The van der Waals surface area contributed by atoms with Crippen molar-refractivity contribution in [2.45, 2.75) is 50.6 Å². The van der Waals surface area contributed by atoms with Crippen LogP contribution in [0.4, 0.5) is 26.3 Å². The highest BCUT2D eigenvalue weighted by Crippen LogP contribution is 2.44. The van der Waals surface area contributed by atoms with Gasteiger partial charge >= 0.3 is 18.3 Å². The molecule has 0 bridgehead atoms. The average molecular weight is 420 g/mol. The molecule has 0 aromatic heterocycles. The van der Waals surface area contributed by atoms with Crippen molar-refractivity contribution in [1.29, 1.82) is 0 Å². The number of aliphatic carboxylic acids is 1. The van der Waals surface area contributed by atoms with E-state index in [1.165, 1.54) is 24.3 Å². The lowest BCUT2D eigenvalue weighted by molar-refractivity contribution is -0.185. The van der Waals surface area contributed by atoms with Gasteiger partial charge < -0.3 is 9.84 Å². The molecule has 2 aromatic rings. The maximum absolute atomic E-state index is 13.7. The summed E-state index contributed by atoms with van der Waals surface area (Å²) in [6.07, 6.45) is -10.4. The molecule has 1 aliphatic carbocycles.